The lowest BCUT2D eigenvalue weighted by Crippen LogP contribution is -2.56. The third-order valence-corrected chi connectivity index (χ3v) is 18.0. The van der Waals surface area contributed by atoms with Crippen LogP contribution in [-0.2, 0) is 30.7 Å². The molecule has 0 aliphatic carbocycles. The van der Waals surface area contributed by atoms with Crippen LogP contribution in [0.1, 0.15) is 65.6 Å². The minimum Gasteiger partial charge on any atom is -0.489 e. The fourth-order valence-corrected chi connectivity index (χ4v) is 12.1. The Morgan fingerprint density at radius 3 is 1.31 bits per heavy atom. The topological polar surface area (TPSA) is 312 Å². The normalized spacial score (nSPS) is 16.6. The van der Waals surface area contributed by atoms with Crippen molar-refractivity contribution in [3.05, 3.63) is 174 Å². The van der Waals surface area contributed by atoms with E-state index in [9.17, 15) is 20.6 Å². The number of aromatic nitrogens is 8. The van der Waals surface area contributed by atoms with Gasteiger partial charge in [-0.2, -0.15) is 20.9 Å². The van der Waals surface area contributed by atoms with Crippen LogP contribution in [0.25, 0.3) is 34.2 Å². The molecule has 6 aliphatic heterocycles. The summed E-state index contributed by atoms with van der Waals surface area (Å²) in [7, 11) is 1.85. The number of carbonyl (C=O) groups excluding carboxylic acids is 1. The molecule has 28 heteroatoms. The molecule has 6 fully saturated rings. The van der Waals surface area contributed by atoms with Gasteiger partial charge in [-0.15, -0.1) is 0 Å². The van der Waals surface area contributed by atoms with Crippen LogP contribution in [0.2, 0.25) is 0 Å². The highest BCUT2D eigenvalue weighted by Crippen LogP contribution is 2.34. The van der Waals surface area contributed by atoms with E-state index >= 15 is 8.78 Å². The first-order chi connectivity index (χ1) is 50.5. The van der Waals surface area contributed by atoms with Crippen molar-refractivity contribution in [3.8, 4) is 69.6 Å². The Balaban J connectivity index is 0.000000140. The van der Waals surface area contributed by atoms with Gasteiger partial charge in [-0.25, -0.2) is 38.7 Å². The summed E-state index contributed by atoms with van der Waals surface area (Å²) >= 11 is 0. The molecule has 9 aromatic rings. The monoisotopic (exact) mass is 1400 g/mol. The van der Waals surface area contributed by atoms with Gasteiger partial charge in [-0.1, -0.05) is 0 Å². The van der Waals surface area contributed by atoms with E-state index in [-0.39, 0.29) is 41.6 Å². The highest BCUT2D eigenvalue weighted by molar-refractivity contribution is 5.95. The number of halogens is 2. The van der Waals surface area contributed by atoms with Gasteiger partial charge in [-0.05, 0) is 109 Å². The second kappa shape index (κ2) is 33.9. The number of hydrogen-bond acceptors (Lipinski definition) is 24. The molecule has 0 saturated carbocycles. The van der Waals surface area contributed by atoms with Crippen molar-refractivity contribution < 1.29 is 51.5 Å². The Morgan fingerprint density at radius 2 is 0.922 bits per heavy atom. The molecule has 0 spiro atoms. The maximum Gasteiger partial charge on any atom is 0.251 e. The molecule has 0 radical (unpaired) electrons. The van der Waals surface area contributed by atoms with Crippen molar-refractivity contribution in [2.45, 2.75) is 68.9 Å². The molecule has 0 unspecified atom stereocenters. The van der Waals surface area contributed by atoms with Crippen LogP contribution in [0.5, 0.6) is 17.2 Å². The number of aryl methyl sites for hydroxylation is 1. The van der Waals surface area contributed by atoms with Crippen LogP contribution < -0.4 is 40.4 Å². The van der Waals surface area contributed by atoms with E-state index in [4.69, 9.17) is 37.9 Å². The number of nitriles is 3. The average molecular weight is 1400 g/mol. The molecule has 4 aromatic heterocycles. The standard InChI is InChI=1S/C29H30F2N6O3.C26H25N5O4.C20H20N6O2/c30-24-14-21(15-25(31)28(24)37-9-7-36(8-10-37)22-17-39-18-22)34-27-3-6-33-29(35-27)19-1-2-26(20(13-19)16-32)40-23-4-11-38-12-5-23;27-14-19-13-18(3-6-23(19)35-22-8-11-33-12-9-22)25-28-10-7-24(31-25)29-20-4-1-17(2-5-20)26(32)30-21-15-34-16-21;1-26-19(5-9-23-26)24-18-4-8-22-20(25-18)14-2-3-17(15(12-14)13-21)28-16-6-10-27-11-7-16/h1-3,6,13-15,22-23H,4-5,7-12,17-18H2,(H,33,34,35);1-7,10,13,21-22H,8-9,11-12,15-16H2,(H,30,32)(H,28,29,31);2-5,8-9,12,16H,6-7,10-11H2,1H3,(H,22,24,25). The van der Waals surface area contributed by atoms with E-state index in [1.165, 1.54) is 12.1 Å². The molecule has 6 saturated heterocycles. The molecule has 15 rings (SSSR count). The van der Waals surface area contributed by atoms with Crippen molar-refractivity contribution in [1.82, 2.24) is 49.9 Å². The van der Waals surface area contributed by atoms with Crippen molar-refractivity contribution in [1.29, 1.82) is 15.8 Å². The van der Waals surface area contributed by atoms with E-state index in [1.807, 2.05) is 43.4 Å². The molecule has 0 atom stereocenters. The number of benzene rings is 5. The Morgan fingerprint density at radius 1 is 0.495 bits per heavy atom. The van der Waals surface area contributed by atoms with Crippen LogP contribution in [0.15, 0.2) is 140 Å². The first-order valence-electron chi connectivity index (χ1n) is 34.2. The second-order valence-electron chi connectivity index (χ2n) is 25.1. The largest absolute Gasteiger partial charge is 0.489 e. The summed E-state index contributed by atoms with van der Waals surface area (Å²) in [5.74, 6) is 4.10. The fourth-order valence-electron chi connectivity index (χ4n) is 12.1. The van der Waals surface area contributed by atoms with Crippen LogP contribution >= 0.6 is 0 Å². The van der Waals surface area contributed by atoms with Gasteiger partial charge in [0.25, 0.3) is 5.91 Å². The third-order valence-electron chi connectivity index (χ3n) is 18.0. The van der Waals surface area contributed by atoms with Crippen LogP contribution in [0, 0.1) is 45.6 Å². The predicted molar refractivity (Wildman–Crippen MR) is 376 cm³/mol. The summed E-state index contributed by atoms with van der Waals surface area (Å²) in [6.45, 7) is 9.16. The zero-order valence-corrected chi connectivity index (χ0v) is 56.6. The van der Waals surface area contributed by atoms with Crippen molar-refractivity contribution in [3.63, 3.8) is 0 Å². The first kappa shape index (κ1) is 70.2. The van der Waals surface area contributed by atoms with Gasteiger partial charge in [0, 0.05) is 130 Å². The van der Waals surface area contributed by atoms with Crippen LogP contribution in [0.4, 0.5) is 49.1 Å². The number of nitrogens with one attached hydrogen (secondary N) is 4. The number of ether oxygens (including phenoxy) is 8. The molecular weight excluding hydrogens is 1320 g/mol. The van der Waals surface area contributed by atoms with Gasteiger partial charge < -0.3 is 64.1 Å². The van der Waals surface area contributed by atoms with Crippen molar-refractivity contribution in [2.24, 2.45) is 7.05 Å². The van der Waals surface area contributed by atoms with Gasteiger partial charge in [0.05, 0.1) is 101 Å². The second-order valence-corrected chi connectivity index (χ2v) is 25.1. The average Bonchev–Trinajstić information content (AvgIpc) is 1.12. The lowest BCUT2D eigenvalue weighted by atomic mass is 10.1. The van der Waals surface area contributed by atoms with Crippen molar-refractivity contribution in [2.75, 3.05) is 113 Å². The Kier molecular flexibility index (Phi) is 23.1. The summed E-state index contributed by atoms with van der Waals surface area (Å²) < 4.78 is 76.5. The minimum absolute atomic E-state index is 0.00877. The Labute approximate surface area is 593 Å². The predicted octanol–water partition coefficient (Wildman–Crippen LogP) is 10.6. The van der Waals surface area contributed by atoms with Crippen LogP contribution in [0.3, 0.4) is 0 Å². The zero-order valence-electron chi connectivity index (χ0n) is 56.6. The summed E-state index contributed by atoms with van der Waals surface area (Å²) in [5, 5.41) is 45.4. The zero-order chi connectivity index (χ0) is 70.9. The van der Waals surface area contributed by atoms with E-state index in [0.29, 0.717) is 152 Å². The number of piperazine rings is 1. The third kappa shape index (κ3) is 18.3. The molecule has 1 amide bonds. The van der Waals surface area contributed by atoms with Gasteiger partial charge in [0.15, 0.2) is 29.1 Å². The van der Waals surface area contributed by atoms with Crippen molar-refractivity contribution >= 4 is 46.2 Å². The highest BCUT2D eigenvalue weighted by atomic mass is 19.1. The molecule has 4 N–H and O–H groups in total. The smallest absolute Gasteiger partial charge is 0.251 e. The summed E-state index contributed by atoms with van der Waals surface area (Å²) in [6, 6.07) is 39.9. The quantitative estimate of drug-likeness (QED) is 0.0584. The number of rotatable bonds is 19. The lowest BCUT2D eigenvalue weighted by molar-refractivity contribution is -0.0661. The molecule has 103 heavy (non-hydrogen) atoms. The number of carbonyl (C=O) groups is 1. The fraction of sp³-hybridized carbons (Fsp3) is 0.347. The molecule has 6 aliphatic rings. The van der Waals surface area contributed by atoms with E-state index in [1.54, 1.807) is 101 Å². The SMILES string of the molecule is Cn1nccc1Nc1ccnc(-c2ccc(OC3CCOCC3)c(C#N)c2)n1.N#Cc1cc(-c2nccc(Nc3cc(F)c(N4CCN(C5COC5)CC4)c(F)c3)n2)ccc1OC1CCOCC1.N#Cc1cc(-c2nccc(Nc3ccc(C(=O)NC4COC4)cc3)n2)ccc1OC1CCOCC1. The lowest BCUT2D eigenvalue weighted by Gasteiger charge is -2.43. The van der Waals surface area contributed by atoms with Gasteiger partial charge in [0.2, 0.25) is 0 Å². The number of nitrogens with zero attached hydrogens (tertiary/aromatic N) is 13. The molecule has 528 valence electrons. The minimum atomic E-state index is -0.629. The summed E-state index contributed by atoms with van der Waals surface area (Å²) in [4.78, 5) is 43.0. The number of amides is 1. The van der Waals surface area contributed by atoms with Gasteiger partial charge in [0.1, 0.15) is 82.7 Å². The molecular formula is C75H75F2N17O9. The molecule has 5 aromatic carbocycles. The summed E-state index contributed by atoms with van der Waals surface area (Å²) in [6.07, 6.45) is 11.6. The summed E-state index contributed by atoms with van der Waals surface area (Å²) in [5.41, 5.74) is 5.00. The Bertz CT molecular complexity index is 4510. The van der Waals surface area contributed by atoms with E-state index < -0.39 is 11.6 Å². The molecule has 10 heterocycles. The van der Waals surface area contributed by atoms with E-state index in [2.05, 4.69) is 79.4 Å². The molecule has 0 bridgehead atoms. The van der Waals surface area contributed by atoms with Gasteiger partial charge in [-0.3, -0.25) is 14.4 Å². The maximum absolute atomic E-state index is 15.1. The van der Waals surface area contributed by atoms with Gasteiger partial charge >= 0.3 is 0 Å². The number of anilines is 7. The number of hydrogen-bond donors (Lipinski definition) is 4. The highest BCUT2D eigenvalue weighted by Gasteiger charge is 2.31. The van der Waals surface area contributed by atoms with Crippen LogP contribution in [-0.4, -0.2) is 173 Å². The first-order valence-corrected chi connectivity index (χ1v) is 34.2. The maximum atomic E-state index is 15.1. The molecule has 26 nitrogen and oxygen atoms in total. The Hall–Kier alpha value is -11.3. The van der Waals surface area contributed by atoms with E-state index in [0.717, 1.165) is 87.5 Å².